The molecule has 0 saturated carbocycles. The summed E-state index contributed by atoms with van der Waals surface area (Å²) in [5.41, 5.74) is 3.17. The summed E-state index contributed by atoms with van der Waals surface area (Å²) >= 11 is 0. The molecule has 0 heterocycles. The van der Waals surface area contributed by atoms with Crippen LogP contribution in [0.4, 0.5) is 4.39 Å². The summed E-state index contributed by atoms with van der Waals surface area (Å²) in [6, 6.07) is 11.4. The Morgan fingerprint density at radius 2 is 1.91 bits per heavy atom. The van der Waals surface area contributed by atoms with Gasteiger partial charge in [-0.05, 0) is 54.3 Å². The van der Waals surface area contributed by atoms with Crippen LogP contribution in [0.5, 0.6) is 0 Å². The summed E-state index contributed by atoms with van der Waals surface area (Å²) in [6.07, 6.45) is 0.669. The maximum absolute atomic E-state index is 13.4. The lowest BCUT2D eigenvalue weighted by Crippen LogP contribution is -2.36. The Labute approximate surface area is 129 Å². The Bertz CT molecular complexity index is 649. The Hall–Kier alpha value is -2.20. The fourth-order valence-electron chi connectivity index (χ4n) is 2.25. The second kappa shape index (κ2) is 7.18. The molecule has 0 aliphatic heterocycles. The van der Waals surface area contributed by atoms with Crippen molar-refractivity contribution in [2.75, 3.05) is 6.61 Å². The first-order valence-corrected chi connectivity index (χ1v) is 7.33. The van der Waals surface area contributed by atoms with Crippen molar-refractivity contribution in [2.45, 2.75) is 26.3 Å². The average molecular weight is 301 g/mol. The van der Waals surface area contributed by atoms with E-state index in [2.05, 4.69) is 5.32 Å². The number of amides is 1. The Morgan fingerprint density at radius 3 is 2.50 bits per heavy atom. The number of aliphatic hydroxyl groups is 1. The molecule has 2 aromatic rings. The molecule has 0 aromatic heterocycles. The molecule has 1 amide bonds. The summed E-state index contributed by atoms with van der Waals surface area (Å²) < 4.78 is 13.4. The normalized spacial score (nSPS) is 12.0. The maximum atomic E-state index is 13.4. The van der Waals surface area contributed by atoms with Crippen molar-refractivity contribution >= 4 is 5.91 Å². The van der Waals surface area contributed by atoms with Crippen LogP contribution < -0.4 is 5.32 Å². The van der Waals surface area contributed by atoms with E-state index in [1.165, 1.54) is 12.1 Å². The van der Waals surface area contributed by atoms with E-state index in [1.54, 1.807) is 30.3 Å². The van der Waals surface area contributed by atoms with Crippen molar-refractivity contribution in [1.82, 2.24) is 5.32 Å². The van der Waals surface area contributed by atoms with Gasteiger partial charge >= 0.3 is 0 Å². The van der Waals surface area contributed by atoms with E-state index in [9.17, 15) is 9.18 Å². The van der Waals surface area contributed by atoms with Gasteiger partial charge < -0.3 is 10.4 Å². The van der Waals surface area contributed by atoms with E-state index in [0.717, 1.165) is 16.7 Å². The number of hydrogen-bond donors (Lipinski definition) is 2. The van der Waals surface area contributed by atoms with Gasteiger partial charge in [0.2, 0.25) is 0 Å². The fourth-order valence-corrected chi connectivity index (χ4v) is 2.25. The Morgan fingerprint density at radius 1 is 1.23 bits per heavy atom. The van der Waals surface area contributed by atoms with Gasteiger partial charge in [-0.3, -0.25) is 4.79 Å². The van der Waals surface area contributed by atoms with Crippen LogP contribution in [0.15, 0.2) is 42.5 Å². The number of benzene rings is 2. The number of aliphatic hydroxyl groups excluding tert-OH is 1. The van der Waals surface area contributed by atoms with Gasteiger partial charge in [0, 0.05) is 5.56 Å². The van der Waals surface area contributed by atoms with E-state index in [-0.39, 0.29) is 24.4 Å². The monoisotopic (exact) mass is 301 g/mol. The standard InChI is InChI=1S/C18H20FNO2/c1-3-16(11-21)20-18(22)14-7-5-13(6-8-14)17-10-15(19)9-4-12(17)2/h4-10,16,21H,3,11H2,1-2H3,(H,20,22)/t16-/m0/s1. The molecule has 0 saturated heterocycles. The van der Waals surface area contributed by atoms with Crippen LogP contribution >= 0.6 is 0 Å². The number of hydrogen-bond acceptors (Lipinski definition) is 2. The van der Waals surface area contributed by atoms with Gasteiger partial charge in [0.15, 0.2) is 0 Å². The van der Waals surface area contributed by atoms with Crippen molar-refractivity contribution in [1.29, 1.82) is 0 Å². The minimum absolute atomic E-state index is 0.0805. The molecule has 0 aliphatic carbocycles. The quantitative estimate of drug-likeness (QED) is 0.890. The number of carbonyl (C=O) groups is 1. The summed E-state index contributed by atoms with van der Waals surface area (Å²) in [6.45, 7) is 3.74. The number of carbonyl (C=O) groups excluding carboxylic acids is 1. The summed E-state index contributed by atoms with van der Waals surface area (Å²) in [5, 5.41) is 11.9. The van der Waals surface area contributed by atoms with Gasteiger partial charge in [-0.2, -0.15) is 0 Å². The molecule has 0 spiro atoms. The third-order valence-corrected chi connectivity index (χ3v) is 3.71. The van der Waals surface area contributed by atoms with Gasteiger partial charge in [-0.25, -0.2) is 4.39 Å². The van der Waals surface area contributed by atoms with Crippen LogP contribution in [0.3, 0.4) is 0 Å². The molecule has 116 valence electrons. The highest BCUT2D eigenvalue weighted by Gasteiger charge is 2.11. The fraction of sp³-hybridized carbons (Fsp3) is 0.278. The first-order chi connectivity index (χ1) is 10.5. The number of aryl methyl sites for hydroxylation is 1. The molecule has 1 atom stereocenters. The first kappa shape index (κ1) is 16.2. The largest absolute Gasteiger partial charge is 0.394 e. The smallest absolute Gasteiger partial charge is 0.251 e. The van der Waals surface area contributed by atoms with Crippen LogP contribution in [-0.4, -0.2) is 23.7 Å². The lowest BCUT2D eigenvalue weighted by Gasteiger charge is -2.14. The zero-order valence-corrected chi connectivity index (χ0v) is 12.8. The van der Waals surface area contributed by atoms with E-state index >= 15 is 0 Å². The van der Waals surface area contributed by atoms with E-state index in [1.807, 2.05) is 13.8 Å². The predicted octanol–water partition coefficient (Wildman–Crippen LogP) is 3.30. The molecule has 0 unspecified atom stereocenters. The van der Waals surface area contributed by atoms with Crippen LogP contribution in [0.25, 0.3) is 11.1 Å². The highest BCUT2D eigenvalue weighted by atomic mass is 19.1. The number of nitrogens with one attached hydrogen (secondary N) is 1. The number of halogens is 1. The summed E-state index contributed by atoms with van der Waals surface area (Å²) in [7, 11) is 0. The summed E-state index contributed by atoms with van der Waals surface area (Å²) in [5.74, 6) is -0.500. The van der Waals surface area contributed by atoms with Crippen LogP contribution in [-0.2, 0) is 0 Å². The second-order valence-corrected chi connectivity index (χ2v) is 5.30. The van der Waals surface area contributed by atoms with Crippen molar-refractivity contribution in [3.8, 4) is 11.1 Å². The zero-order chi connectivity index (χ0) is 16.1. The van der Waals surface area contributed by atoms with Crippen LogP contribution in [0.1, 0.15) is 29.3 Å². The van der Waals surface area contributed by atoms with Gasteiger partial charge in [-0.1, -0.05) is 25.1 Å². The maximum Gasteiger partial charge on any atom is 0.251 e. The van der Waals surface area contributed by atoms with Crippen molar-refractivity contribution in [3.05, 3.63) is 59.4 Å². The predicted molar refractivity (Wildman–Crippen MR) is 85.2 cm³/mol. The highest BCUT2D eigenvalue weighted by molar-refractivity contribution is 5.94. The second-order valence-electron chi connectivity index (χ2n) is 5.30. The molecular formula is C18H20FNO2. The molecule has 0 fully saturated rings. The highest BCUT2D eigenvalue weighted by Crippen LogP contribution is 2.24. The molecule has 0 bridgehead atoms. The molecule has 22 heavy (non-hydrogen) atoms. The van der Waals surface area contributed by atoms with Crippen molar-refractivity contribution in [2.24, 2.45) is 0 Å². The van der Waals surface area contributed by atoms with E-state index in [4.69, 9.17) is 5.11 Å². The van der Waals surface area contributed by atoms with Crippen LogP contribution in [0, 0.1) is 12.7 Å². The van der Waals surface area contributed by atoms with Gasteiger partial charge in [-0.15, -0.1) is 0 Å². The van der Waals surface area contributed by atoms with Crippen molar-refractivity contribution in [3.63, 3.8) is 0 Å². The molecule has 0 aliphatic rings. The van der Waals surface area contributed by atoms with Gasteiger partial charge in [0.1, 0.15) is 5.82 Å². The molecule has 3 nitrogen and oxygen atoms in total. The SMILES string of the molecule is CC[C@@H](CO)NC(=O)c1ccc(-c2cc(F)ccc2C)cc1. The Kier molecular flexibility index (Phi) is 5.28. The lowest BCUT2D eigenvalue weighted by molar-refractivity contribution is 0.0915. The Balaban J connectivity index is 2.20. The molecule has 2 aromatic carbocycles. The minimum atomic E-state index is -0.281. The molecular weight excluding hydrogens is 281 g/mol. The minimum Gasteiger partial charge on any atom is -0.394 e. The van der Waals surface area contributed by atoms with E-state index < -0.39 is 0 Å². The summed E-state index contributed by atoms with van der Waals surface area (Å²) in [4.78, 5) is 12.1. The van der Waals surface area contributed by atoms with Gasteiger partial charge in [0.05, 0.1) is 12.6 Å². The third-order valence-electron chi connectivity index (χ3n) is 3.71. The molecule has 2 N–H and O–H groups in total. The number of rotatable bonds is 5. The molecule has 2 rings (SSSR count). The topological polar surface area (TPSA) is 49.3 Å². The molecule has 0 radical (unpaired) electrons. The average Bonchev–Trinajstić information content (AvgIpc) is 2.54. The van der Waals surface area contributed by atoms with Crippen LogP contribution in [0.2, 0.25) is 0 Å². The lowest BCUT2D eigenvalue weighted by atomic mass is 9.99. The third kappa shape index (κ3) is 3.71. The zero-order valence-electron chi connectivity index (χ0n) is 12.8. The molecule has 4 heteroatoms. The van der Waals surface area contributed by atoms with Gasteiger partial charge in [0.25, 0.3) is 5.91 Å². The first-order valence-electron chi connectivity index (χ1n) is 7.33. The van der Waals surface area contributed by atoms with Crippen molar-refractivity contribution < 1.29 is 14.3 Å². The van der Waals surface area contributed by atoms with E-state index in [0.29, 0.717) is 12.0 Å².